The molecule has 3 heterocycles. The van der Waals surface area contributed by atoms with E-state index in [0.717, 1.165) is 0 Å². The topological polar surface area (TPSA) is 68.5 Å². The SMILES string of the molecule is COCCN1CC(c2nc(Cc3ccc(C)s3)no2)CC1=O. The summed E-state index contributed by atoms with van der Waals surface area (Å²) in [6, 6.07) is 4.17. The Kier molecular flexibility index (Phi) is 4.54. The Labute approximate surface area is 133 Å². The molecular formula is C15H19N3O3S. The molecule has 3 rings (SSSR count). The van der Waals surface area contributed by atoms with Crippen molar-refractivity contribution in [3.05, 3.63) is 33.6 Å². The van der Waals surface area contributed by atoms with Crippen LogP contribution in [0.5, 0.6) is 0 Å². The molecule has 1 unspecified atom stereocenters. The van der Waals surface area contributed by atoms with Crippen molar-refractivity contribution in [2.24, 2.45) is 0 Å². The average molecular weight is 321 g/mol. The molecular weight excluding hydrogens is 302 g/mol. The summed E-state index contributed by atoms with van der Waals surface area (Å²) in [7, 11) is 1.63. The minimum absolute atomic E-state index is 0.00400. The number of methoxy groups -OCH3 is 1. The molecule has 118 valence electrons. The monoisotopic (exact) mass is 321 g/mol. The number of amides is 1. The summed E-state index contributed by atoms with van der Waals surface area (Å²) in [4.78, 5) is 20.7. The van der Waals surface area contributed by atoms with Crippen LogP contribution in [0.2, 0.25) is 0 Å². The van der Waals surface area contributed by atoms with E-state index < -0.39 is 0 Å². The highest BCUT2D eigenvalue weighted by molar-refractivity contribution is 7.11. The molecule has 0 aromatic carbocycles. The number of aromatic nitrogens is 2. The number of carbonyl (C=O) groups is 1. The van der Waals surface area contributed by atoms with E-state index in [4.69, 9.17) is 9.26 Å². The van der Waals surface area contributed by atoms with Gasteiger partial charge in [-0.1, -0.05) is 5.16 Å². The zero-order valence-corrected chi connectivity index (χ0v) is 13.6. The zero-order valence-electron chi connectivity index (χ0n) is 12.7. The molecule has 1 amide bonds. The van der Waals surface area contributed by atoms with Gasteiger partial charge in [0.1, 0.15) is 0 Å². The molecule has 2 aromatic rings. The summed E-state index contributed by atoms with van der Waals surface area (Å²) in [6.07, 6.45) is 1.11. The van der Waals surface area contributed by atoms with E-state index in [1.807, 2.05) is 0 Å². The molecule has 1 atom stereocenters. The van der Waals surface area contributed by atoms with E-state index >= 15 is 0 Å². The van der Waals surface area contributed by atoms with Gasteiger partial charge in [-0.2, -0.15) is 4.98 Å². The third kappa shape index (κ3) is 3.36. The molecule has 0 saturated carbocycles. The molecule has 7 heteroatoms. The fourth-order valence-corrected chi connectivity index (χ4v) is 3.48. The van der Waals surface area contributed by atoms with Gasteiger partial charge in [-0.05, 0) is 19.1 Å². The third-order valence-electron chi connectivity index (χ3n) is 3.74. The number of thiophene rings is 1. The van der Waals surface area contributed by atoms with Gasteiger partial charge in [-0.3, -0.25) is 4.79 Å². The van der Waals surface area contributed by atoms with Gasteiger partial charge in [-0.25, -0.2) is 0 Å². The number of nitrogens with zero attached hydrogens (tertiary/aromatic N) is 3. The van der Waals surface area contributed by atoms with Crippen LogP contribution in [0.3, 0.4) is 0 Å². The second kappa shape index (κ2) is 6.58. The van der Waals surface area contributed by atoms with Gasteiger partial charge < -0.3 is 14.2 Å². The van der Waals surface area contributed by atoms with Crippen LogP contribution in [-0.4, -0.2) is 47.8 Å². The van der Waals surface area contributed by atoms with E-state index in [2.05, 4.69) is 29.2 Å². The first-order valence-electron chi connectivity index (χ1n) is 7.30. The van der Waals surface area contributed by atoms with Crippen LogP contribution in [0.15, 0.2) is 16.7 Å². The Bertz CT molecular complexity index is 652. The summed E-state index contributed by atoms with van der Waals surface area (Å²) in [5.74, 6) is 1.36. The first-order valence-corrected chi connectivity index (χ1v) is 8.12. The lowest BCUT2D eigenvalue weighted by atomic mass is 10.1. The molecule has 0 spiro atoms. The Morgan fingerprint density at radius 1 is 1.50 bits per heavy atom. The maximum Gasteiger partial charge on any atom is 0.232 e. The molecule has 0 N–H and O–H groups in total. The van der Waals surface area contributed by atoms with Crippen molar-refractivity contribution in [1.29, 1.82) is 0 Å². The van der Waals surface area contributed by atoms with Crippen LogP contribution in [0, 0.1) is 6.92 Å². The van der Waals surface area contributed by atoms with Gasteiger partial charge in [-0.15, -0.1) is 11.3 Å². The highest BCUT2D eigenvalue weighted by atomic mass is 32.1. The van der Waals surface area contributed by atoms with E-state index in [0.29, 0.717) is 44.3 Å². The van der Waals surface area contributed by atoms with Crippen LogP contribution in [0.25, 0.3) is 0 Å². The van der Waals surface area contributed by atoms with Gasteiger partial charge in [0.2, 0.25) is 11.8 Å². The Morgan fingerprint density at radius 3 is 3.09 bits per heavy atom. The predicted molar refractivity (Wildman–Crippen MR) is 82.0 cm³/mol. The third-order valence-corrected chi connectivity index (χ3v) is 4.74. The molecule has 0 aliphatic carbocycles. The highest BCUT2D eigenvalue weighted by Crippen LogP contribution is 2.27. The Balaban J connectivity index is 1.63. The van der Waals surface area contributed by atoms with Crippen molar-refractivity contribution >= 4 is 17.2 Å². The second-order valence-electron chi connectivity index (χ2n) is 5.47. The molecule has 6 nitrogen and oxygen atoms in total. The van der Waals surface area contributed by atoms with Crippen molar-refractivity contribution in [2.75, 3.05) is 26.8 Å². The molecule has 1 aliphatic heterocycles. The first kappa shape index (κ1) is 15.2. The predicted octanol–water partition coefficient (Wildman–Crippen LogP) is 1.99. The molecule has 0 radical (unpaired) electrons. The van der Waals surface area contributed by atoms with Crippen molar-refractivity contribution in [3.8, 4) is 0 Å². The fraction of sp³-hybridized carbons (Fsp3) is 0.533. The van der Waals surface area contributed by atoms with Crippen LogP contribution in [-0.2, 0) is 16.0 Å². The minimum atomic E-state index is -0.00400. The largest absolute Gasteiger partial charge is 0.383 e. The number of carbonyl (C=O) groups excluding carboxylic acids is 1. The number of ether oxygens (including phenoxy) is 1. The quantitative estimate of drug-likeness (QED) is 0.814. The maximum atomic E-state index is 11.9. The summed E-state index contributed by atoms with van der Waals surface area (Å²) >= 11 is 1.74. The summed E-state index contributed by atoms with van der Waals surface area (Å²) in [6.45, 7) is 3.86. The number of rotatable bonds is 6. The minimum Gasteiger partial charge on any atom is -0.383 e. The summed E-state index contributed by atoms with van der Waals surface area (Å²) < 4.78 is 10.4. The van der Waals surface area contributed by atoms with Crippen LogP contribution < -0.4 is 0 Å². The molecule has 1 aliphatic rings. The van der Waals surface area contributed by atoms with E-state index in [-0.39, 0.29) is 11.8 Å². The maximum absolute atomic E-state index is 11.9. The van der Waals surface area contributed by atoms with E-state index in [9.17, 15) is 4.79 Å². The van der Waals surface area contributed by atoms with Crippen molar-refractivity contribution in [1.82, 2.24) is 15.0 Å². The number of likely N-dealkylation sites (tertiary alicyclic amines) is 1. The van der Waals surface area contributed by atoms with Gasteiger partial charge in [0.05, 0.1) is 12.5 Å². The Hall–Kier alpha value is -1.73. The first-order chi connectivity index (χ1) is 10.7. The van der Waals surface area contributed by atoms with Crippen LogP contribution in [0.4, 0.5) is 0 Å². The van der Waals surface area contributed by atoms with Crippen molar-refractivity contribution in [3.63, 3.8) is 0 Å². The zero-order chi connectivity index (χ0) is 15.5. The molecule has 0 bridgehead atoms. The van der Waals surface area contributed by atoms with Crippen molar-refractivity contribution in [2.45, 2.75) is 25.7 Å². The second-order valence-corrected chi connectivity index (χ2v) is 6.84. The van der Waals surface area contributed by atoms with E-state index in [1.165, 1.54) is 9.75 Å². The summed E-state index contributed by atoms with van der Waals surface area (Å²) in [5, 5.41) is 4.04. The Morgan fingerprint density at radius 2 is 2.36 bits per heavy atom. The average Bonchev–Trinajstić information content (AvgIpc) is 3.19. The van der Waals surface area contributed by atoms with E-state index in [1.54, 1.807) is 23.3 Å². The molecule has 22 heavy (non-hydrogen) atoms. The van der Waals surface area contributed by atoms with Crippen LogP contribution in [0.1, 0.15) is 33.8 Å². The standard InChI is InChI=1S/C15H19N3O3S/c1-10-3-4-12(22-10)8-13-16-15(21-17-13)11-7-14(19)18(9-11)5-6-20-2/h3-4,11H,5-9H2,1-2H3. The van der Waals surface area contributed by atoms with Crippen molar-refractivity contribution < 1.29 is 14.1 Å². The molecule has 1 saturated heterocycles. The number of hydrogen-bond acceptors (Lipinski definition) is 6. The molecule has 2 aromatic heterocycles. The lowest BCUT2D eigenvalue weighted by molar-refractivity contribution is -0.128. The van der Waals surface area contributed by atoms with Crippen LogP contribution >= 0.6 is 11.3 Å². The number of hydrogen-bond donors (Lipinski definition) is 0. The van der Waals surface area contributed by atoms with Gasteiger partial charge in [0.25, 0.3) is 0 Å². The molecule has 1 fully saturated rings. The van der Waals surface area contributed by atoms with Gasteiger partial charge >= 0.3 is 0 Å². The fourth-order valence-electron chi connectivity index (χ4n) is 2.60. The van der Waals surface area contributed by atoms with Gasteiger partial charge in [0.15, 0.2) is 5.82 Å². The number of aryl methyl sites for hydroxylation is 1. The van der Waals surface area contributed by atoms with Gasteiger partial charge in [0, 0.05) is 42.8 Å². The lowest BCUT2D eigenvalue weighted by Gasteiger charge is -2.14. The normalized spacial score (nSPS) is 18.4. The summed E-state index contributed by atoms with van der Waals surface area (Å²) in [5.41, 5.74) is 0. The highest BCUT2D eigenvalue weighted by Gasteiger charge is 2.33. The smallest absolute Gasteiger partial charge is 0.232 e. The lowest BCUT2D eigenvalue weighted by Crippen LogP contribution is -2.28.